The second-order valence-electron chi connectivity index (χ2n) is 6.67. The van der Waals surface area contributed by atoms with Gasteiger partial charge in [0.1, 0.15) is 12.3 Å². The van der Waals surface area contributed by atoms with E-state index in [9.17, 15) is 14.4 Å². The molecule has 26 heavy (non-hydrogen) atoms. The van der Waals surface area contributed by atoms with E-state index >= 15 is 0 Å². The van der Waals surface area contributed by atoms with Gasteiger partial charge >= 0.3 is 0 Å². The Morgan fingerprint density at radius 3 is 2.69 bits per heavy atom. The lowest BCUT2D eigenvalue weighted by Crippen LogP contribution is -2.53. The van der Waals surface area contributed by atoms with E-state index in [4.69, 9.17) is 4.74 Å². The molecule has 7 heteroatoms. The number of ether oxygens (including phenoxy) is 1. The number of fused-ring (bicyclic) bond motifs is 1. The lowest BCUT2D eigenvalue weighted by Gasteiger charge is -2.35. The molecule has 2 amide bonds. The van der Waals surface area contributed by atoms with Gasteiger partial charge in [0.15, 0.2) is 11.9 Å². The summed E-state index contributed by atoms with van der Waals surface area (Å²) >= 11 is 0. The highest BCUT2D eigenvalue weighted by Crippen LogP contribution is 2.35. The third-order valence-electron chi connectivity index (χ3n) is 4.73. The summed E-state index contributed by atoms with van der Waals surface area (Å²) in [5.74, 6) is 0.194. The van der Waals surface area contributed by atoms with Crippen LogP contribution in [0.25, 0.3) is 0 Å². The Hall–Kier alpha value is -2.41. The summed E-state index contributed by atoms with van der Waals surface area (Å²) in [6, 6.07) is 5.10. The highest BCUT2D eigenvalue weighted by Gasteiger charge is 2.34. The van der Waals surface area contributed by atoms with Crippen LogP contribution < -0.4 is 15.0 Å². The molecular weight excluding hydrogens is 334 g/mol. The number of nitrogens with zero attached hydrogens (tertiary/aromatic N) is 2. The van der Waals surface area contributed by atoms with E-state index in [1.54, 1.807) is 30.0 Å². The van der Waals surface area contributed by atoms with Crippen LogP contribution in [-0.4, -0.2) is 61.3 Å². The van der Waals surface area contributed by atoms with Crippen LogP contribution in [0.3, 0.4) is 0 Å². The van der Waals surface area contributed by atoms with Crippen molar-refractivity contribution in [1.29, 1.82) is 0 Å². The van der Waals surface area contributed by atoms with Crippen molar-refractivity contribution in [2.75, 3.05) is 37.6 Å². The average molecular weight is 359 g/mol. The molecule has 1 unspecified atom stereocenters. The number of amides is 2. The highest BCUT2D eigenvalue weighted by atomic mass is 16.5. The summed E-state index contributed by atoms with van der Waals surface area (Å²) in [5, 5.41) is 3.20. The van der Waals surface area contributed by atoms with Crippen LogP contribution in [0.15, 0.2) is 18.2 Å². The molecule has 140 valence electrons. The van der Waals surface area contributed by atoms with E-state index < -0.39 is 6.10 Å². The van der Waals surface area contributed by atoms with E-state index in [1.807, 2.05) is 6.92 Å². The van der Waals surface area contributed by atoms with E-state index in [0.717, 1.165) is 19.5 Å². The predicted octanol–water partition coefficient (Wildman–Crippen LogP) is 1.22. The molecule has 0 aliphatic carbocycles. The van der Waals surface area contributed by atoms with Gasteiger partial charge in [0.05, 0.1) is 5.69 Å². The van der Waals surface area contributed by atoms with E-state index in [1.165, 1.54) is 4.90 Å². The van der Waals surface area contributed by atoms with Crippen molar-refractivity contribution in [1.82, 2.24) is 10.2 Å². The van der Waals surface area contributed by atoms with Crippen LogP contribution in [0, 0.1) is 0 Å². The van der Waals surface area contributed by atoms with Crippen LogP contribution in [-0.2, 0) is 9.59 Å². The molecule has 1 atom stereocenters. The normalized spacial score (nSPS) is 19.8. The molecule has 1 fully saturated rings. The zero-order chi connectivity index (χ0) is 18.7. The minimum Gasteiger partial charge on any atom is -0.479 e. The summed E-state index contributed by atoms with van der Waals surface area (Å²) in [6.45, 7) is 6.36. The van der Waals surface area contributed by atoms with E-state index in [-0.39, 0.29) is 24.1 Å². The Bertz CT molecular complexity index is 713. The summed E-state index contributed by atoms with van der Waals surface area (Å²) in [6.07, 6.45) is 0.549. The van der Waals surface area contributed by atoms with Crippen molar-refractivity contribution < 1.29 is 19.1 Å². The second kappa shape index (κ2) is 7.86. The van der Waals surface area contributed by atoms with Gasteiger partial charge in [-0.15, -0.1) is 0 Å². The molecule has 0 saturated carbocycles. The Labute approximate surface area is 153 Å². The van der Waals surface area contributed by atoms with Gasteiger partial charge in [-0.25, -0.2) is 0 Å². The van der Waals surface area contributed by atoms with Crippen LogP contribution in [0.4, 0.5) is 5.69 Å². The highest BCUT2D eigenvalue weighted by molar-refractivity contribution is 6.05. The third-order valence-corrected chi connectivity index (χ3v) is 4.73. The molecule has 2 heterocycles. The minimum atomic E-state index is -0.657. The SMILES string of the molecule is CCCC(=O)c1ccc2c(c1)N(CC(=O)N1CCNCC1)C(=O)C(C)O2. The number of anilines is 1. The molecule has 2 aliphatic rings. The Morgan fingerprint density at radius 2 is 2.00 bits per heavy atom. The van der Waals surface area contributed by atoms with Crippen molar-refractivity contribution in [2.45, 2.75) is 32.8 Å². The van der Waals surface area contributed by atoms with E-state index in [2.05, 4.69) is 5.32 Å². The summed E-state index contributed by atoms with van der Waals surface area (Å²) in [5.41, 5.74) is 1.04. The van der Waals surface area contributed by atoms with Gasteiger partial charge < -0.3 is 15.0 Å². The molecule has 7 nitrogen and oxygen atoms in total. The first-order chi connectivity index (χ1) is 12.5. The van der Waals surface area contributed by atoms with Crippen molar-refractivity contribution in [2.24, 2.45) is 0 Å². The van der Waals surface area contributed by atoms with Crippen LogP contribution in [0.5, 0.6) is 5.75 Å². The largest absolute Gasteiger partial charge is 0.479 e. The van der Waals surface area contributed by atoms with Crippen molar-refractivity contribution in [3.63, 3.8) is 0 Å². The molecular formula is C19H25N3O4. The summed E-state index contributed by atoms with van der Waals surface area (Å²) < 4.78 is 5.66. The Balaban J connectivity index is 1.86. The molecule has 1 saturated heterocycles. The summed E-state index contributed by atoms with van der Waals surface area (Å²) in [4.78, 5) is 40.7. The number of hydrogen-bond donors (Lipinski definition) is 1. The molecule has 1 aromatic carbocycles. The number of nitrogens with one attached hydrogen (secondary N) is 1. The van der Waals surface area contributed by atoms with Crippen LogP contribution in [0.1, 0.15) is 37.0 Å². The van der Waals surface area contributed by atoms with Gasteiger partial charge in [-0.2, -0.15) is 0 Å². The number of benzene rings is 1. The number of carbonyl (C=O) groups excluding carboxylic acids is 3. The number of ketones is 1. The van der Waals surface area contributed by atoms with Gasteiger partial charge in [-0.1, -0.05) is 6.92 Å². The number of rotatable bonds is 5. The van der Waals surface area contributed by atoms with Gasteiger partial charge in [0.25, 0.3) is 5.91 Å². The molecule has 1 aromatic rings. The molecule has 0 radical (unpaired) electrons. The molecule has 3 rings (SSSR count). The molecule has 1 N–H and O–H groups in total. The Kier molecular flexibility index (Phi) is 5.56. The first-order valence-electron chi connectivity index (χ1n) is 9.15. The predicted molar refractivity (Wildman–Crippen MR) is 97.6 cm³/mol. The fraction of sp³-hybridized carbons (Fsp3) is 0.526. The van der Waals surface area contributed by atoms with Crippen LogP contribution in [0.2, 0.25) is 0 Å². The number of carbonyl (C=O) groups is 3. The minimum absolute atomic E-state index is 0.0229. The number of Topliss-reactive ketones (excluding diaryl/α,β-unsaturated/α-hetero) is 1. The topological polar surface area (TPSA) is 79.0 Å². The van der Waals surface area contributed by atoms with Crippen molar-refractivity contribution in [3.05, 3.63) is 23.8 Å². The number of hydrogen-bond acceptors (Lipinski definition) is 5. The first-order valence-corrected chi connectivity index (χ1v) is 9.15. The zero-order valence-corrected chi connectivity index (χ0v) is 15.3. The second-order valence-corrected chi connectivity index (χ2v) is 6.67. The van der Waals surface area contributed by atoms with E-state index in [0.29, 0.717) is 36.5 Å². The third kappa shape index (κ3) is 3.72. The maximum Gasteiger partial charge on any atom is 0.268 e. The van der Waals surface area contributed by atoms with Crippen LogP contribution >= 0.6 is 0 Å². The van der Waals surface area contributed by atoms with Crippen molar-refractivity contribution in [3.8, 4) is 5.75 Å². The standard InChI is InChI=1S/C19H25N3O4/c1-3-4-16(23)14-5-6-17-15(11-14)22(19(25)13(2)26-17)12-18(24)21-9-7-20-8-10-21/h5-6,11,13,20H,3-4,7-10,12H2,1-2H3. The fourth-order valence-electron chi connectivity index (χ4n) is 3.26. The fourth-order valence-corrected chi connectivity index (χ4v) is 3.26. The molecule has 0 spiro atoms. The Morgan fingerprint density at radius 1 is 1.27 bits per heavy atom. The molecule has 0 aromatic heterocycles. The smallest absolute Gasteiger partial charge is 0.268 e. The lowest BCUT2D eigenvalue weighted by molar-refractivity contribution is -0.133. The van der Waals surface area contributed by atoms with Gasteiger partial charge in [0, 0.05) is 38.2 Å². The van der Waals surface area contributed by atoms with Crippen molar-refractivity contribution >= 4 is 23.3 Å². The molecule has 2 aliphatic heterocycles. The first kappa shape index (κ1) is 18.4. The van der Waals surface area contributed by atoms with Gasteiger partial charge in [0.2, 0.25) is 5.91 Å². The lowest BCUT2D eigenvalue weighted by atomic mass is 10.0. The maximum absolute atomic E-state index is 12.6. The zero-order valence-electron chi connectivity index (χ0n) is 15.3. The monoisotopic (exact) mass is 359 g/mol. The maximum atomic E-state index is 12.6. The molecule has 0 bridgehead atoms. The average Bonchev–Trinajstić information content (AvgIpc) is 2.66. The number of piperazine rings is 1. The van der Waals surface area contributed by atoms with Gasteiger partial charge in [-0.3, -0.25) is 19.3 Å². The summed E-state index contributed by atoms with van der Waals surface area (Å²) in [7, 11) is 0. The van der Waals surface area contributed by atoms with Gasteiger partial charge in [-0.05, 0) is 31.5 Å². The quantitative estimate of drug-likeness (QED) is 0.800.